The SMILES string of the molecule is C[C@H](NC(=O)CSc1nncn1N)c1ccc2c(c1)CCCC2. The van der Waals surface area contributed by atoms with Crippen LogP contribution in [0.3, 0.4) is 0 Å². The maximum Gasteiger partial charge on any atom is 0.230 e. The summed E-state index contributed by atoms with van der Waals surface area (Å²) in [7, 11) is 0. The molecule has 0 spiro atoms. The zero-order valence-electron chi connectivity index (χ0n) is 13.2. The topological polar surface area (TPSA) is 85.8 Å². The van der Waals surface area contributed by atoms with Crippen LogP contribution in [0.2, 0.25) is 0 Å². The number of nitrogens with zero attached hydrogens (tertiary/aromatic N) is 3. The van der Waals surface area contributed by atoms with Crippen LogP contribution in [-0.2, 0) is 17.6 Å². The molecule has 0 bridgehead atoms. The van der Waals surface area contributed by atoms with Crippen LogP contribution in [-0.4, -0.2) is 26.5 Å². The minimum Gasteiger partial charge on any atom is -0.349 e. The lowest BCUT2D eigenvalue weighted by Crippen LogP contribution is -2.28. The van der Waals surface area contributed by atoms with Gasteiger partial charge in [0.25, 0.3) is 0 Å². The van der Waals surface area contributed by atoms with Gasteiger partial charge in [-0.05, 0) is 49.3 Å². The Kier molecular flexibility index (Phi) is 4.85. The molecule has 3 N–H and O–H groups in total. The van der Waals surface area contributed by atoms with E-state index in [4.69, 9.17) is 5.84 Å². The normalized spacial score (nSPS) is 15.0. The third kappa shape index (κ3) is 3.85. The molecule has 1 atom stereocenters. The Morgan fingerprint density at radius 3 is 2.91 bits per heavy atom. The highest BCUT2D eigenvalue weighted by atomic mass is 32.2. The van der Waals surface area contributed by atoms with Crippen molar-refractivity contribution in [3.63, 3.8) is 0 Å². The van der Waals surface area contributed by atoms with Gasteiger partial charge in [0.15, 0.2) is 0 Å². The van der Waals surface area contributed by atoms with Gasteiger partial charge in [-0.2, -0.15) is 0 Å². The van der Waals surface area contributed by atoms with Crippen LogP contribution in [0.1, 0.15) is 42.5 Å². The summed E-state index contributed by atoms with van der Waals surface area (Å²) in [5.74, 6) is 5.85. The predicted octanol–water partition coefficient (Wildman–Crippen LogP) is 1.84. The monoisotopic (exact) mass is 331 g/mol. The third-order valence-corrected chi connectivity index (χ3v) is 5.08. The van der Waals surface area contributed by atoms with Crippen molar-refractivity contribution in [1.82, 2.24) is 20.2 Å². The number of hydrogen-bond donors (Lipinski definition) is 2. The number of aryl methyl sites for hydroxylation is 2. The van der Waals surface area contributed by atoms with E-state index < -0.39 is 0 Å². The number of nitrogens with two attached hydrogens (primary N) is 1. The first-order chi connectivity index (χ1) is 11.1. The number of thioether (sulfide) groups is 1. The van der Waals surface area contributed by atoms with Gasteiger partial charge in [-0.3, -0.25) is 4.79 Å². The molecule has 1 aliphatic carbocycles. The summed E-state index contributed by atoms with van der Waals surface area (Å²) in [6.45, 7) is 2.01. The molecular weight excluding hydrogens is 310 g/mol. The van der Waals surface area contributed by atoms with Gasteiger partial charge in [-0.15, -0.1) is 10.2 Å². The second kappa shape index (κ2) is 7.04. The van der Waals surface area contributed by atoms with Crippen molar-refractivity contribution < 1.29 is 4.79 Å². The number of carbonyl (C=O) groups excluding carboxylic acids is 1. The zero-order valence-corrected chi connectivity index (χ0v) is 14.0. The Bertz CT molecular complexity index is 700. The molecule has 122 valence electrons. The molecule has 1 aromatic carbocycles. The third-order valence-electron chi connectivity index (χ3n) is 4.12. The number of fused-ring (bicyclic) bond motifs is 1. The molecule has 0 aliphatic heterocycles. The smallest absolute Gasteiger partial charge is 0.230 e. The van der Waals surface area contributed by atoms with Crippen LogP contribution in [0.25, 0.3) is 0 Å². The molecule has 6 nitrogen and oxygen atoms in total. The molecule has 0 fully saturated rings. The lowest BCUT2D eigenvalue weighted by molar-refractivity contribution is -0.119. The fourth-order valence-corrected chi connectivity index (χ4v) is 3.50. The highest BCUT2D eigenvalue weighted by Gasteiger charge is 2.15. The number of amides is 1. The number of nitrogen functional groups attached to an aromatic ring is 1. The highest BCUT2D eigenvalue weighted by molar-refractivity contribution is 7.99. The van der Waals surface area contributed by atoms with Crippen molar-refractivity contribution in [1.29, 1.82) is 0 Å². The van der Waals surface area contributed by atoms with E-state index >= 15 is 0 Å². The summed E-state index contributed by atoms with van der Waals surface area (Å²) in [5, 5.41) is 11.1. The lowest BCUT2D eigenvalue weighted by Gasteiger charge is -2.20. The zero-order chi connectivity index (χ0) is 16.2. The van der Waals surface area contributed by atoms with Crippen LogP contribution in [0.15, 0.2) is 29.7 Å². The Balaban J connectivity index is 1.57. The van der Waals surface area contributed by atoms with E-state index in [1.165, 1.54) is 53.2 Å². The average molecular weight is 331 g/mol. The molecule has 0 saturated heterocycles. The molecule has 2 aromatic rings. The van der Waals surface area contributed by atoms with Crippen LogP contribution in [0.5, 0.6) is 0 Å². The second-order valence-corrected chi connectivity index (χ2v) is 6.78. The van der Waals surface area contributed by atoms with Gasteiger partial charge in [0, 0.05) is 0 Å². The standard InChI is InChI=1S/C16H21N5OS/c1-11(13-7-6-12-4-2-3-5-14(12)8-13)19-15(22)9-23-16-20-18-10-21(16)17/h6-8,10-11H,2-5,9,17H2,1H3,(H,19,22)/t11-/m0/s1. The van der Waals surface area contributed by atoms with E-state index in [2.05, 4.69) is 33.7 Å². The highest BCUT2D eigenvalue weighted by Crippen LogP contribution is 2.25. The number of rotatable bonds is 5. The Morgan fingerprint density at radius 2 is 2.17 bits per heavy atom. The van der Waals surface area contributed by atoms with Gasteiger partial charge in [0.05, 0.1) is 11.8 Å². The fraction of sp³-hybridized carbons (Fsp3) is 0.438. The molecule has 1 aliphatic rings. The largest absolute Gasteiger partial charge is 0.349 e. The molecule has 7 heteroatoms. The van der Waals surface area contributed by atoms with Crippen LogP contribution >= 0.6 is 11.8 Å². The molecule has 0 saturated carbocycles. The van der Waals surface area contributed by atoms with Gasteiger partial charge in [-0.1, -0.05) is 30.0 Å². The summed E-state index contributed by atoms with van der Waals surface area (Å²) in [4.78, 5) is 12.1. The molecule has 1 heterocycles. The van der Waals surface area contributed by atoms with E-state index in [0.29, 0.717) is 5.16 Å². The van der Waals surface area contributed by atoms with E-state index in [9.17, 15) is 4.79 Å². The molecule has 23 heavy (non-hydrogen) atoms. The van der Waals surface area contributed by atoms with Crippen molar-refractivity contribution in [2.75, 3.05) is 11.6 Å². The number of benzene rings is 1. The van der Waals surface area contributed by atoms with E-state index in [-0.39, 0.29) is 17.7 Å². The van der Waals surface area contributed by atoms with Crippen molar-refractivity contribution >= 4 is 17.7 Å². The fourth-order valence-electron chi connectivity index (χ4n) is 2.85. The first kappa shape index (κ1) is 15.9. The average Bonchev–Trinajstić information content (AvgIpc) is 2.97. The maximum absolute atomic E-state index is 12.1. The molecule has 3 rings (SSSR count). The molecule has 0 unspecified atom stereocenters. The first-order valence-electron chi connectivity index (χ1n) is 7.82. The summed E-state index contributed by atoms with van der Waals surface area (Å²) in [6.07, 6.45) is 6.27. The lowest BCUT2D eigenvalue weighted by atomic mass is 9.89. The summed E-state index contributed by atoms with van der Waals surface area (Å²) in [6, 6.07) is 6.56. The second-order valence-electron chi connectivity index (χ2n) is 5.83. The van der Waals surface area contributed by atoms with Crippen LogP contribution < -0.4 is 11.2 Å². The predicted molar refractivity (Wildman–Crippen MR) is 90.5 cm³/mol. The quantitative estimate of drug-likeness (QED) is 0.645. The number of carbonyl (C=O) groups is 1. The Labute approximate surface area is 139 Å². The van der Waals surface area contributed by atoms with Crippen molar-refractivity contribution in [2.45, 2.75) is 43.8 Å². The minimum absolute atomic E-state index is 0.00827. The van der Waals surface area contributed by atoms with Gasteiger partial charge < -0.3 is 11.2 Å². The minimum atomic E-state index is -0.0387. The van der Waals surface area contributed by atoms with E-state index in [0.717, 1.165) is 12.0 Å². The Morgan fingerprint density at radius 1 is 1.39 bits per heavy atom. The summed E-state index contributed by atoms with van der Waals surface area (Å²) in [5.41, 5.74) is 4.04. The van der Waals surface area contributed by atoms with Gasteiger partial charge in [0.1, 0.15) is 6.33 Å². The number of aromatic nitrogens is 3. The van der Waals surface area contributed by atoms with Gasteiger partial charge in [-0.25, -0.2) is 4.68 Å². The van der Waals surface area contributed by atoms with Crippen LogP contribution in [0.4, 0.5) is 0 Å². The van der Waals surface area contributed by atoms with E-state index in [1.54, 1.807) is 0 Å². The molecule has 1 aromatic heterocycles. The first-order valence-corrected chi connectivity index (χ1v) is 8.81. The summed E-state index contributed by atoms with van der Waals surface area (Å²) >= 11 is 1.27. The molecule has 0 radical (unpaired) electrons. The summed E-state index contributed by atoms with van der Waals surface area (Å²) < 4.78 is 1.31. The van der Waals surface area contributed by atoms with Crippen molar-refractivity contribution in [2.24, 2.45) is 0 Å². The van der Waals surface area contributed by atoms with Crippen LogP contribution in [0, 0.1) is 0 Å². The number of hydrogen-bond acceptors (Lipinski definition) is 5. The molecule has 1 amide bonds. The van der Waals surface area contributed by atoms with Gasteiger partial charge in [0.2, 0.25) is 11.1 Å². The van der Waals surface area contributed by atoms with E-state index in [1.807, 2.05) is 6.92 Å². The molecular formula is C16H21N5OS. The van der Waals surface area contributed by atoms with Gasteiger partial charge >= 0.3 is 0 Å². The Hall–Kier alpha value is -2.02. The van der Waals surface area contributed by atoms with Crippen molar-refractivity contribution in [3.8, 4) is 0 Å². The number of nitrogens with one attached hydrogen (secondary N) is 1. The maximum atomic E-state index is 12.1. The van der Waals surface area contributed by atoms with Crippen molar-refractivity contribution in [3.05, 3.63) is 41.2 Å².